The quantitative estimate of drug-likeness (QED) is 0.190. The highest BCUT2D eigenvalue weighted by Gasteiger charge is 2.18. The summed E-state index contributed by atoms with van der Waals surface area (Å²) >= 11 is 0. The van der Waals surface area contributed by atoms with Gasteiger partial charge in [-0.15, -0.1) is 0 Å². The summed E-state index contributed by atoms with van der Waals surface area (Å²) in [4.78, 5) is 0. The van der Waals surface area contributed by atoms with Crippen molar-refractivity contribution in [1.82, 2.24) is 4.57 Å². The van der Waals surface area contributed by atoms with Crippen LogP contribution in [0.1, 0.15) is 0 Å². The van der Waals surface area contributed by atoms with Crippen molar-refractivity contribution in [2.45, 2.75) is 0 Å². The molecule has 51 heavy (non-hydrogen) atoms. The topological polar surface area (TPSA) is 31.2 Å². The zero-order chi connectivity index (χ0) is 33.5. The lowest BCUT2D eigenvalue weighted by atomic mass is 9.94. The molecule has 8 aromatic carbocycles. The monoisotopic (exact) mass is 651 g/mol. The van der Waals surface area contributed by atoms with E-state index < -0.39 is 0 Å². The first-order valence-electron chi connectivity index (χ1n) is 17.3. The molecule has 0 aliphatic rings. The second-order valence-corrected chi connectivity index (χ2v) is 13.3. The second kappa shape index (κ2) is 10.8. The van der Waals surface area contributed by atoms with E-state index in [1.807, 2.05) is 24.3 Å². The molecule has 0 saturated heterocycles. The van der Waals surface area contributed by atoms with Gasteiger partial charge in [-0.25, -0.2) is 0 Å². The van der Waals surface area contributed by atoms with Crippen LogP contribution in [0.5, 0.6) is 0 Å². The molecule has 0 amide bonds. The van der Waals surface area contributed by atoms with Gasteiger partial charge in [0, 0.05) is 37.9 Å². The van der Waals surface area contributed by atoms with Gasteiger partial charge in [0.2, 0.25) is 0 Å². The average Bonchev–Trinajstić information content (AvgIpc) is 3.87. The Morgan fingerprint density at radius 2 is 0.706 bits per heavy atom. The van der Waals surface area contributed by atoms with Crippen LogP contribution < -0.4 is 0 Å². The van der Waals surface area contributed by atoms with E-state index >= 15 is 0 Å². The van der Waals surface area contributed by atoms with Crippen LogP contribution in [0.15, 0.2) is 185 Å². The number of fused-ring (bicyclic) bond motifs is 9. The van der Waals surface area contributed by atoms with Gasteiger partial charge in [0.25, 0.3) is 0 Å². The third kappa shape index (κ3) is 4.32. The van der Waals surface area contributed by atoms with E-state index in [0.29, 0.717) is 0 Å². The molecule has 0 fully saturated rings. The summed E-state index contributed by atoms with van der Waals surface area (Å²) in [7, 11) is 0. The molecule has 3 nitrogen and oxygen atoms in total. The normalized spacial score (nSPS) is 11.9. The number of rotatable bonds is 4. The molecule has 0 spiro atoms. The molecule has 3 aromatic heterocycles. The third-order valence-corrected chi connectivity index (χ3v) is 10.4. The van der Waals surface area contributed by atoms with Crippen molar-refractivity contribution < 1.29 is 8.83 Å². The minimum absolute atomic E-state index is 0.895. The van der Waals surface area contributed by atoms with Crippen LogP contribution in [0.3, 0.4) is 0 Å². The van der Waals surface area contributed by atoms with Crippen LogP contribution in [0.2, 0.25) is 0 Å². The molecule has 0 aliphatic heterocycles. The lowest BCUT2D eigenvalue weighted by Crippen LogP contribution is -1.98. The maximum absolute atomic E-state index is 6.23. The van der Waals surface area contributed by atoms with Gasteiger partial charge in [-0.05, 0) is 88.5 Å². The van der Waals surface area contributed by atoms with E-state index in [2.05, 4.69) is 156 Å². The fourth-order valence-electron chi connectivity index (χ4n) is 7.98. The van der Waals surface area contributed by atoms with Crippen molar-refractivity contribution in [3.8, 4) is 39.1 Å². The molecule has 0 atom stereocenters. The average molecular weight is 652 g/mol. The smallest absolute Gasteiger partial charge is 0.135 e. The van der Waals surface area contributed by atoms with E-state index in [0.717, 1.165) is 66.3 Å². The van der Waals surface area contributed by atoms with Crippen molar-refractivity contribution in [3.05, 3.63) is 176 Å². The van der Waals surface area contributed by atoms with Gasteiger partial charge >= 0.3 is 0 Å². The summed E-state index contributed by atoms with van der Waals surface area (Å²) in [5, 5.41) is 7.02. The highest BCUT2D eigenvalue weighted by Crippen LogP contribution is 2.41. The molecule has 11 aromatic rings. The van der Waals surface area contributed by atoms with Crippen LogP contribution in [-0.4, -0.2) is 4.57 Å². The fourth-order valence-corrected chi connectivity index (χ4v) is 7.98. The SMILES string of the molecule is c1ccc2c(c1)oc1ccc(-c3ccc(-c4ccc(-n5c6ccccc6c6ccccc65)c(-c5ccc6oc7ccccc7c6c5)c4)cc3)cc12. The first kappa shape index (κ1) is 28.0. The van der Waals surface area contributed by atoms with Gasteiger partial charge < -0.3 is 13.4 Å². The first-order chi connectivity index (χ1) is 25.3. The Morgan fingerprint density at radius 1 is 0.294 bits per heavy atom. The van der Waals surface area contributed by atoms with Gasteiger partial charge in [-0.1, -0.05) is 115 Å². The van der Waals surface area contributed by atoms with E-state index in [1.165, 1.54) is 38.5 Å². The Bertz CT molecular complexity index is 3080. The second-order valence-electron chi connectivity index (χ2n) is 13.3. The van der Waals surface area contributed by atoms with Gasteiger partial charge in [0.15, 0.2) is 0 Å². The van der Waals surface area contributed by atoms with Crippen molar-refractivity contribution in [2.24, 2.45) is 0 Å². The molecule has 11 rings (SSSR count). The first-order valence-corrected chi connectivity index (χ1v) is 17.3. The number of furan rings is 2. The fraction of sp³-hybridized carbons (Fsp3) is 0. The number of benzene rings is 8. The van der Waals surface area contributed by atoms with Crippen molar-refractivity contribution in [1.29, 1.82) is 0 Å². The number of nitrogens with zero attached hydrogens (tertiary/aromatic N) is 1. The number of para-hydroxylation sites is 4. The van der Waals surface area contributed by atoms with Gasteiger partial charge in [0.05, 0.1) is 16.7 Å². The Balaban J connectivity index is 1.08. The zero-order valence-electron chi connectivity index (χ0n) is 27.5. The van der Waals surface area contributed by atoms with Crippen molar-refractivity contribution in [3.63, 3.8) is 0 Å². The maximum atomic E-state index is 6.23. The summed E-state index contributed by atoms with van der Waals surface area (Å²) < 4.78 is 14.7. The molecule has 238 valence electrons. The van der Waals surface area contributed by atoms with E-state index in [1.54, 1.807) is 0 Å². The van der Waals surface area contributed by atoms with Crippen LogP contribution in [0.4, 0.5) is 0 Å². The minimum Gasteiger partial charge on any atom is -0.456 e. The molecule has 0 saturated carbocycles. The van der Waals surface area contributed by atoms with Crippen molar-refractivity contribution >= 4 is 65.7 Å². The molecule has 0 aliphatic carbocycles. The van der Waals surface area contributed by atoms with Gasteiger partial charge in [-0.2, -0.15) is 0 Å². The minimum atomic E-state index is 0.895. The van der Waals surface area contributed by atoms with Crippen molar-refractivity contribution in [2.75, 3.05) is 0 Å². The maximum Gasteiger partial charge on any atom is 0.135 e. The Labute approximate surface area is 293 Å². The van der Waals surface area contributed by atoms with Gasteiger partial charge in [0.1, 0.15) is 22.3 Å². The lowest BCUT2D eigenvalue weighted by molar-refractivity contribution is 0.668. The molecular weight excluding hydrogens is 623 g/mol. The molecule has 3 heteroatoms. The third-order valence-electron chi connectivity index (χ3n) is 10.4. The Hall–Kier alpha value is -6.84. The van der Waals surface area contributed by atoms with Crippen LogP contribution >= 0.6 is 0 Å². The predicted octanol–water partition coefficient (Wildman–Crippen LogP) is 13.6. The number of hydrogen-bond acceptors (Lipinski definition) is 2. The number of aromatic nitrogens is 1. The van der Waals surface area contributed by atoms with Crippen LogP contribution in [0.25, 0.3) is 105 Å². The Kier molecular flexibility index (Phi) is 5.96. The molecule has 0 unspecified atom stereocenters. The van der Waals surface area contributed by atoms with E-state index in [4.69, 9.17) is 8.83 Å². The lowest BCUT2D eigenvalue weighted by Gasteiger charge is -2.16. The number of hydrogen-bond donors (Lipinski definition) is 0. The summed E-state index contributed by atoms with van der Waals surface area (Å²) in [6.07, 6.45) is 0. The summed E-state index contributed by atoms with van der Waals surface area (Å²) in [5.41, 5.74) is 14.1. The standard InChI is InChI=1S/C48H29NO2/c1-5-13-42-35(9-1)36-10-2-6-14-43(36)49(42)44-24-21-32(27-39(44)34-23-26-48-41(29-34)38-12-4-8-16-46(38)51-48)30-17-19-31(20-18-30)33-22-25-47-40(28-33)37-11-3-7-15-45(37)50-47/h1-29H. The molecular formula is C48H29NO2. The molecule has 0 N–H and O–H groups in total. The van der Waals surface area contributed by atoms with Gasteiger partial charge in [-0.3, -0.25) is 0 Å². The summed E-state index contributed by atoms with van der Waals surface area (Å²) in [6.45, 7) is 0. The van der Waals surface area contributed by atoms with E-state index in [-0.39, 0.29) is 0 Å². The molecule has 0 bridgehead atoms. The Morgan fingerprint density at radius 3 is 1.29 bits per heavy atom. The predicted molar refractivity (Wildman–Crippen MR) is 212 cm³/mol. The summed E-state index contributed by atoms with van der Waals surface area (Å²) in [5.74, 6) is 0. The summed E-state index contributed by atoms with van der Waals surface area (Å²) in [6, 6.07) is 62.8. The zero-order valence-corrected chi connectivity index (χ0v) is 27.5. The molecule has 0 radical (unpaired) electrons. The van der Waals surface area contributed by atoms with E-state index in [9.17, 15) is 0 Å². The largest absolute Gasteiger partial charge is 0.456 e. The highest BCUT2D eigenvalue weighted by molar-refractivity contribution is 6.11. The van der Waals surface area contributed by atoms with Crippen LogP contribution in [0, 0.1) is 0 Å². The molecule has 3 heterocycles. The van der Waals surface area contributed by atoms with Crippen LogP contribution in [-0.2, 0) is 0 Å². The highest BCUT2D eigenvalue weighted by atomic mass is 16.3.